The summed E-state index contributed by atoms with van der Waals surface area (Å²) in [6.45, 7) is 9.66. The number of halogens is 1. The van der Waals surface area contributed by atoms with Gasteiger partial charge >= 0.3 is 0 Å². The lowest BCUT2D eigenvalue weighted by Gasteiger charge is -2.25. The van der Waals surface area contributed by atoms with Crippen LogP contribution in [0.4, 0.5) is 4.39 Å². The fourth-order valence-electron chi connectivity index (χ4n) is 1.99. The largest absolute Gasteiger partial charge is 0.507 e. The van der Waals surface area contributed by atoms with Crippen LogP contribution in [0.3, 0.4) is 0 Å². The second-order valence-electron chi connectivity index (χ2n) is 6.32. The van der Waals surface area contributed by atoms with Crippen LogP contribution in [0.1, 0.15) is 50.9 Å². The van der Waals surface area contributed by atoms with Crippen LogP contribution in [-0.2, 0) is 0 Å². The molecule has 0 saturated carbocycles. The molecule has 0 aliphatic rings. The highest BCUT2D eigenvalue weighted by Gasteiger charge is 2.20. The van der Waals surface area contributed by atoms with Crippen molar-refractivity contribution in [1.82, 2.24) is 4.90 Å². The van der Waals surface area contributed by atoms with Gasteiger partial charge in [-0.25, -0.2) is 4.39 Å². The van der Waals surface area contributed by atoms with E-state index in [1.165, 1.54) is 6.07 Å². The third-order valence-corrected chi connectivity index (χ3v) is 3.43. The lowest BCUT2D eigenvalue weighted by atomic mass is 10.1. The van der Waals surface area contributed by atoms with Gasteiger partial charge in [-0.2, -0.15) is 0 Å². The zero-order valence-corrected chi connectivity index (χ0v) is 13.4. The second-order valence-corrected chi connectivity index (χ2v) is 6.32. The molecule has 0 atom stereocenters. The van der Waals surface area contributed by atoms with Gasteiger partial charge in [-0.05, 0) is 42.9 Å². The van der Waals surface area contributed by atoms with Gasteiger partial charge in [0.15, 0.2) is 0 Å². The lowest BCUT2D eigenvalue weighted by Crippen LogP contribution is -2.34. The van der Waals surface area contributed by atoms with Crippen molar-refractivity contribution in [3.63, 3.8) is 0 Å². The van der Waals surface area contributed by atoms with Crippen molar-refractivity contribution in [3.05, 3.63) is 29.6 Å². The fourth-order valence-corrected chi connectivity index (χ4v) is 1.99. The number of aromatic hydroxyl groups is 1. The normalized spacial score (nSPS) is 11.2. The summed E-state index contributed by atoms with van der Waals surface area (Å²) in [4.78, 5) is 14.3. The van der Waals surface area contributed by atoms with Crippen LogP contribution in [0.5, 0.6) is 5.75 Å². The molecule has 1 aromatic rings. The summed E-state index contributed by atoms with van der Waals surface area (Å²) in [6, 6.07) is 3.49. The van der Waals surface area contributed by atoms with Gasteiger partial charge in [-0.15, -0.1) is 0 Å². The van der Waals surface area contributed by atoms with E-state index in [0.29, 0.717) is 24.9 Å². The lowest BCUT2D eigenvalue weighted by molar-refractivity contribution is 0.0737. The van der Waals surface area contributed by atoms with Crippen molar-refractivity contribution in [2.45, 2.75) is 40.5 Å². The molecule has 21 heavy (non-hydrogen) atoms. The Morgan fingerprint density at radius 2 is 1.67 bits per heavy atom. The van der Waals surface area contributed by atoms with E-state index in [1.54, 1.807) is 4.90 Å². The molecule has 0 aromatic heterocycles. The zero-order valence-electron chi connectivity index (χ0n) is 13.4. The number of hydrogen-bond acceptors (Lipinski definition) is 2. The predicted octanol–water partition coefficient (Wildman–Crippen LogP) is 4.07. The summed E-state index contributed by atoms with van der Waals surface area (Å²) in [5.74, 6) is -0.00136. The smallest absolute Gasteiger partial charge is 0.257 e. The Kier molecular flexibility index (Phi) is 6.66. The number of phenols is 1. The zero-order chi connectivity index (χ0) is 16.0. The number of amides is 1. The van der Waals surface area contributed by atoms with Crippen LogP contribution in [0, 0.1) is 17.7 Å². The first-order valence-electron chi connectivity index (χ1n) is 7.59. The molecule has 0 aliphatic heterocycles. The van der Waals surface area contributed by atoms with Gasteiger partial charge in [-0.3, -0.25) is 4.79 Å². The molecule has 0 spiro atoms. The highest BCUT2D eigenvalue weighted by molar-refractivity contribution is 5.96. The molecular formula is C17H26FNO2. The molecule has 1 aromatic carbocycles. The van der Waals surface area contributed by atoms with Crippen LogP contribution >= 0.6 is 0 Å². The second kappa shape index (κ2) is 8.01. The van der Waals surface area contributed by atoms with Crippen LogP contribution in [0.25, 0.3) is 0 Å². The molecule has 0 aliphatic carbocycles. The average Bonchev–Trinajstić information content (AvgIpc) is 2.40. The van der Waals surface area contributed by atoms with Gasteiger partial charge in [0.25, 0.3) is 5.91 Å². The molecule has 0 heterocycles. The molecule has 3 nitrogen and oxygen atoms in total. The standard InChI is InChI=1S/C17H26FNO2/c1-12(2)7-9-19(10-8-13(3)4)17(21)15-11-14(18)5-6-16(15)20/h5-6,11-13,20H,7-10H2,1-4H3. The molecule has 1 amide bonds. The molecule has 4 heteroatoms. The van der Waals surface area contributed by atoms with Crippen LogP contribution in [0.2, 0.25) is 0 Å². The highest BCUT2D eigenvalue weighted by atomic mass is 19.1. The van der Waals surface area contributed by atoms with Crippen molar-refractivity contribution in [2.75, 3.05) is 13.1 Å². The summed E-state index contributed by atoms with van der Waals surface area (Å²) in [5.41, 5.74) is 0.0440. The van der Waals surface area contributed by atoms with Gasteiger partial charge < -0.3 is 10.0 Å². The third kappa shape index (κ3) is 5.74. The van der Waals surface area contributed by atoms with E-state index in [1.807, 2.05) is 0 Å². The Labute approximate surface area is 126 Å². The number of carbonyl (C=O) groups is 1. The molecule has 0 saturated heterocycles. The Hall–Kier alpha value is -1.58. The van der Waals surface area contributed by atoms with E-state index in [4.69, 9.17) is 0 Å². The van der Waals surface area contributed by atoms with Gasteiger partial charge in [-0.1, -0.05) is 27.7 Å². The van der Waals surface area contributed by atoms with Gasteiger partial charge in [0.2, 0.25) is 0 Å². The van der Waals surface area contributed by atoms with Crippen molar-refractivity contribution in [3.8, 4) is 5.75 Å². The molecular weight excluding hydrogens is 269 g/mol. The topological polar surface area (TPSA) is 40.5 Å². The van der Waals surface area contributed by atoms with E-state index in [9.17, 15) is 14.3 Å². The van der Waals surface area contributed by atoms with Gasteiger partial charge in [0.05, 0.1) is 5.56 Å². The highest BCUT2D eigenvalue weighted by Crippen LogP contribution is 2.21. The molecule has 1 rings (SSSR count). The Bertz CT molecular complexity index is 460. The minimum Gasteiger partial charge on any atom is -0.507 e. The summed E-state index contributed by atoms with van der Waals surface area (Å²) in [6.07, 6.45) is 1.78. The number of nitrogens with zero attached hydrogens (tertiary/aromatic N) is 1. The first kappa shape index (κ1) is 17.5. The Balaban J connectivity index is 2.89. The van der Waals surface area contributed by atoms with Gasteiger partial charge in [0.1, 0.15) is 11.6 Å². The molecule has 1 N–H and O–H groups in total. The number of hydrogen-bond donors (Lipinski definition) is 1. The van der Waals surface area contributed by atoms with E-state index in [0.717, 1.165) is 25.0 Å². The van der Waals surface area contributed by atoms with Crippen molar-refractivity contribution in [1.29, 1.82) is 0 Å². The maximum absolute atomic E-state index is 13.3. The SMILES string of the molecule is CC(C)CCN(CCC(C)C)C(=O)c1cc(F)ccc1O. The fraction of sp³-hybridized carbons (Fsp3) is 0.588. The predicted molar refractivity (Wildman–Crippen MR) is 82.9 cm³/mol. The Morgan fingerprint density at radius 1 is 1.14 bits per heavy atom. The maximum Gasteiger partial charge on any atom is 0.257 e. The van der Waals surface area contributed by atoms with E-state index in [-0.39, 0.29) is 17.2 Å². The summed E-state index contributed by atoms with van der Waals surface area (Å²) in [5, 5.41) is 9.79. The third-order valence-electron chi connectivity index (χ3n) is 3.43. The number of carbonyl (C=O) groups excluding carboxylic acids is 1. The summed E-state index contributed by atoms with van der Waals surface area (Å²) < 4.78 is 13.3. The van der Waals surface area contributed by atoms with Crippen molar-refractivity contribution >= 4 is 5.91 Å². The van der Waals surface area contributed by atoms with E-state index >= 15 is 0 Å². The number of phenolic OH excluding ortho intramolecular Hbond substituents is 1. The van der Waals surface area contributed by atoms with E-state index < -0.39 is 5.82 Å². The van der Waals surface area contributed by atoms with Crippen LogP contribution < -0.4 is 0 Å². The van der Waals surface area contributed by atoms with E-state index in [2.05, 4.69) is 27.7 Å². The summed E-state index contributed by atoms with van der Waals surface area (Å²) >= 11 is 0. The van der Waals surface area contributed by atoms with Crippen molar-refractivity contribution < 1.29 is 14.3 Å². The molecule has 118 valence electrons. The first-order chi connectivity index (χ1) is 9.81. The summed E-state index contributed by atoms with van der Waals surface area (Å²) in [7, 11) is 0. The number of rotatable bonds is 7. The van der Waals surface area contributed by atoms with Crippen LogP contribution in [-0.4, -0.2) is 29.0 Å². The molecule has 0 fully saturated rings. The average molecular weight is 295 g/mol. The minimum atomic E-state index is -0.510. The minimum absolute atomic E-state index is 0.0440. The Morgan fingerprint density at radius 3 is 2.14 bits per heavy atom. The van der Waals surface area contributed by atoms with Gasteiger partial charge in [0, 0.05) is 13.1 Å². The maximum atomic E-state index is 13.3. The molecule has 0 unspecified atom stereocenters. The quantitative estimate of drug-likeness (QED) is 0.824. The monoisotopic (exact) mass is 295 g/mol. The molecule has 0 radical (unpaired) electrons. The van der Waals surface area contributed by atoms with Crippen LogP contribution in [0.15, 0.2) is 18.2 Å². The number of benzene rings is 1. The first-order valence-corrected chi connectivity index (χ1v) is 7.59. The van der Waals surface area contributed by atoms with Crippen molar-refractivity contribution in [2.24, 2.45) is 11.8 Å². The molecule has 0 bridgehead atoms.